The number of alkyl halides is 3. The van der Waals surface area contributed by atoms with E-state index in [2.05, 4.69) is 0 Å². The van der Waals surface area contributed by atoms with E-state index in [9.17, 15) is 18.0 Å². The third-order valence-electron chi connectivity index (χ3n) is 5.14. The molecule has 0 saturated carbocycles. The fourth-order valence-electron chi connectivity index (χ4n) is 3.68. The number of ketones is 1. The number of halogens is 3. The molecule has 0 aliphatic heterocycles. The van der Waals surface area contributed by atoms with Crippen LogP contribution in [0.15, 0.2) is 72.8 Å². The molecule has 27 heavy (non-hydrogen) atoms. The predicted molar refractivity (Wildman–Crippen MR) is 98.7 cm³/mol. The Balaban J connectivity index is 1.55. The molecular weight excluding hydrogens is 349 g/mol. The fraction of sp³-hybridized carbons (Fsp3) is 0.174. The monoisotopic (exact) mass is 366 g/mol. The molecule has 1 nitrogen and oxygen atoms in total. The van der Waals surface area contributed by atoms with E-state index >= 15 is 0 Å². The van der Waals surface area contributed by atoms with Gasteiger partial charge in [0.15, 0.2) is 5.78 Å². The van der Waals surface area contributed by atoms with Crippen molar-refractivity contribution < 1.29 is 18.0 Å². The number of carbonyl (C=O) groups excluding carboxylic acids is 1. The lowest BCUT2D eigenvalue weighted by Gasteiger charge is -2.24. The first-order valence-corrected chi connectivity index (χ1v) is 8.80. The second-order valence-electron chi connectivity index (χ2n) is 6.88. The number of hydrogen-bond acceptors (Lipinski definition) is 1. The third kappa shape index (κ3) is 3.52. The lowest BCUT2D eigenvalue weighted by molar-refractivity contribution is -0.137. The molecule has 1 aliphatic rings. The molecule has 3 aromatic rings. The van der Waals surface area contributed by atoms with E-state index in [1.807, 2.05) is 48.5 Å². The Kier molecular flexibility index (Phi) is 4.34. The Bertz CT molecular complexity index is 970. The van der Waals surface area contributed by atoms with Gasteiger partial charge >= 0.3 is 6.18 Å². The summed E-state index contributed by atoms with van der Waals surface area (Å²) in [5, 5.41) is 0. The average molecular weight is 366 g/mol. The number of benzene rings is 3. The molecule has 0 saturated heterocycles. The summed E-state index contributed by atoms with van der Waals surface area (Å²) >= 11 is 0. The van der Waals surface area contributed by atoms with Crippen LogP contribution in [0.1, 0.15) is 39.4 Å². The van der Waals surface area contributed by atoms with Crippen molar-refractivity contribution in [2.24, 2.45) is 0 Å². The molecule has 0 radical (unpaired) electrons. The number of carbonyl (C=O) groups is 1. The van der Waals surface area contributed by atoms with E-state index in [4.69, 9.17) is 0 Å². The highest BCUT2D eigenvalue weighted by molar-refractivity contribution is 5.99. The molecule has 1 atom stereocenters. The summed E-state index contributed by atoms with van der Waals surface area (Å²) in [5.41, 5.74) is 3.91. The SMILES string of the molecule is O=C1CC(c2ccc(-c3ccc(C(F)(F)F)cc3)cc2)Cc2ccccc21. The van der Waals surface area contributed by atoms with E-state index in [1.165, 1.54) is 12.1 Å². The number of rotatable bonds is 2. The number of Topliss-reactive ketones (excluding diaryl/α,β-unsaturated/α-hetero) is 1. The van der Waals surface area contributed by atoms with Crippen LogP contribution in [0.4, 0.5) is 13.2 Å². The molecule has 0 N–H and O–H groups in total. The Morgan fingerprint density at radius 2 is 1.33 bits per heavy atom. The lowest BCUT2D eigenvalue weighted by atomic mass is 9.79. The van der Waals surface area contributed by atoms with Crippen LogP contribution in [-0.4, -0.2) is 5.78 Å². The van der Waals surface area contributed by atoms with Gasteiger partial charge in [-0.1, -0.05) is 60.7 Å². The van der Waals surface area contributed by atoms with Gasteiger partial charge in [-0.25, -0.2) is 0 Å². The standard InChI is InChI=1S/C23H17F3O/c24-23(25,26)20-11-9-16(10-12-20)15-5-7-17(8-6-15)19-13-18-3-1-2-4-21(18)22(27)14-19/h1-12,19H,13-14H2. The Morgan fingerprint density at radius 3 is 1.96 bits per heavy atom. The summed E-state index contributed by atoms with van der Waals surface area (Å²) in [6, 6.07) is 20.6. The summed E-state index contributed by atoms with van der Waals surface area (Å²) in [7, 11) is 0. The first-order valence-electron chi connectivity index (χ1n) is 8.80. The van der Waals surface area contributed by atoms with Gasteiger partial charge in [0.05, 0.1) is 5.56 Å². The zero-order valence-corrected chi connectivity index (χ0v) is 14.5. The van der Waals surface area contributed by atoms with Crippen LogP contribution >= 0.6 is 0 Å². The minimum absolute atomic E-state index is 0.133. The molecular formula is C23H17F3O. The van der Waals surface area contributed by atoms with Gasteiger partial charge in [0.1, 0.15) is 0 Å². The Labute approximate surface area is 155 Å². The second kappa shape index (κ2) is 6.69. The van der Waals surface area contributed by atoms with Crippen molar-refractivity contribution in [1.82, 2.24) is 0 Å². The molecule has 1 unspecified atom stereocenters. The van der Waals surface area contributed by atoms with E-state index in [0.29, 0.717) is 6.42 Å². The normalized spacial score (nSPS) is 16.9. The molecule has 0 aromatic heterocycles. The number of hydrogen-bond donors (Lipinski definition) is 0. The molecule has 4 rings (SSSR count). The average Bonchev–Trinajstić information content (AvgIpc) is 2.67. The molecule has 4 heteroatoms. The highest BCUT2D eigenvalue weighted by atomic mass is 19.4. The lowest BCUT2D eigenvalue weighted by Crippen LogP contribution is -2.18. The Morgan fingerprint density at radius 1 is 0.741 bits per heavy atom. The molecule has 3 aromatic carbocycles. The fourth-order valence-corrected chi connectivity index (χ4v) is 3.68. The summed E-state index contributed by atoms with van der Waals surface area (Å²) in [6.45, 7) is 0. The van der Waals surface area contributed by atoms with Crippen molar-refractivity contribution >= 4 is 5.78 Å². The minimum Gasteiger partial charge on any atom is -0.294 e. The van der Waals surface area contributed by atoms with Crippen molar-refractivity contribution in [2.45, 2.75) is 24.9 Å². The van der Waals surface area contributed by atoms with E-state index in [0.717, 1.165) is 46.4 Å². The van der Waals surface area contributed by atoms with E-state index < -0.39 is 11.7 Å². The van der Waals surface area contributed by atoms with Crippen molar-refractivity contribution in [1.29, 1.82) is 0 Å². The molecule has 1 aliphatic carbocycles. The molecule has 0 amide bonds. The first kappa shape index (κ1) is 17.5. The minimum atomic E-state index is -4.33. The van der Waals surface area contributed by atoms with Gasteiger partial charge < -0.3 is 0 Å². The van der Waals surface area contributed by atoms with Gasteiger partial charge in [-0.3, -0.25) is 4.79 Å². The maximum Gasteiger partial charge on any atom is 0.416 e. The second-order valence-corrected chi connectivity index (χ2v) is 6.88. The highest BCUT2D eigenvalue weighted by Crippen LogP contribution is 2.34. The molecule has 0 heterocycles. The molecule has 136 valence electrons. The van der Waals surface area contributed by atoms with Crippen LogP contribution in [0.5, 0.6) is 0 Å². The summed E-state index contributed by atoms with van der Waals surface area (Å²) in [4.78, 5) is 12.4. The molecule has 0 fully saturated rings. The van der Waals surface area contributed by atoms with Crippen LogP contribution < -0.4 is 0 Å². The van der Waals surface area contributed by atoms with Crippen LogP contribution in [-0.2, 0) is 12.6 Å². The quantitative estimate of drug-likeness (QED) is 0.521. The topological polar surface area (TPSA) is 17.1 Å². The zero-order chi connectivity index (χ0) is 19.0. The molecule has 0 bridgehead atoms. The van der Waals surface area contributed by atoms with Crippen LogP contribution in [0, 0.1) is 0 Å². The first-order chi connectivity index (χ1) is 12.9. The van der Waals surface area contributed by atoms with Crippen LogP contribution in [0.2, 0.25) is 0 Å². The van der Waals surface area contributed by atoms with Crippen LogP contribution in [0.25, 0.3) is 11.1 Å². The van der Waals surface area contributed by atoms with Gasteiger partial charge in [-0.05, 0) is 46.7 Å². The summed E-state index contributed by atoms with van der Waals surface area (Å²) in [5.74, 6) is 0.294. The Hall–Kier alpha value is -2.88. The van der Waals surface area contributed by atoms with E-state index in [-0.39, 0.29) is 11.7 Å². The van der Waals surface area contributed by atoms with E-state index in [1.54, 1.807) is 0 Å². The van der Waals surface area contributed by atoms with Gasteiger partial charge in [-0.15, -0.1) is 0 Å². The van der Waals surface area contributed by atoms with Crippen molar-refractivity contribution in [3.05, 3.63) is 95.1 Å². The van der Waals surface area contributed by atoms with Crippen LogP contribution in [0.3, 0.4) is 0 Å². The van der Waals surface area contributed by atoms with Gasteiger partial charge in [0, 0.05) is 12.0 Å². The van der Waals surface area contributed by atoms with Crippen molar-refractivity contribution in [3.8, 4) is 11.1 Å². The molecule has 0 spiro atoms. The zero-order valence-electron chi connectivity index (χ0n) is 14.5. The van der Waals surface area contributed by atoms with Crippen molar-refractivity contribution in [3.63, 3.8) is 0 Å². The maximum atomic E-state index is 12.7. The largest absolute Gasteiger partial charge is 0.416 e. The smallest absolute Gasteiger partial charge is 0.294 e. The third-order valence-corrected chi connectivity index (χ3v) is 5.14. The van der Waals surface area contributed by atoms with Gasteiger partial charge in [-0.2, -0.15) is 13.2 Å². The number of fused-ring (bicyclic) bond motifs is 1. The van der Waals surface area contributed by atoms with Gasteiger partial charge in [0.2, 0.25) is 0 Å². The maximum absolute atomic E-state index is 12.7. The van der Waals surface area contributed by atoms with Crippen molar-refractivity contribution in [2.75, 3.05) is 0 Å². The van der Waals surface area contributed by atoms with Gasteiger partial charge in [0.25, 0.3) is 0 Å². The predicted octanol–water partition coefficient (Wildman–Crippen LogP) is 6.29. The summed E-state index contributed by atoms with van der Waals surface area (Å²) in [6.07, 6.45) is -3.02. The highest BCUT2D eigenvalue weighted by Gasteiger charge is 2.30. The summed E-state index contributed by atoms with van der Waals surface area (Å²) < 4.78 is 38.1.